The normalized spacial score (nSPS) is 20.4. The summed E-state index contributed by atoms with van der Waals surface area (Å²) in [5.41, 5.74) is 2.01. The van der Waals surface area contributed by atoms with Crippen LogP contribution in [-0.2, 0) is 0 Å². The van der Waals surface area contributed by atoms with Crippen molar-refractivity contribution in [3.05, 3.63) is 12.2 Å². The van der Waals surface area contributed by atoms with E-state index < -0.39 is 0 Å². The van der Waals surface area contributed by atoms with Gasteiger partial charge in [-0.15, -0.1) is 9.24 Å². The van der Waals surface area contributed by atoms with Gasteiger partial charge in [0.2, 0.25) is 0 Å². The Morgan fingerprint density at radius 2 is 1.92 bits per heavy atom. The molecule has 0 radical (unpaired) electrons. The van der Waals surface area contributed by atoms with Crippen molar-refractivity contribution in [2.45, 2.75) is 45.6 Å². The number of allylic oxidation sites excluding steroid dienone is 1. The summed E-state index contributed by atoms with van der Waals surface area (Å²) in [6, 6.07) is 0. The quantitative estimate of drug-likeness (QED) is 0.362. The van der Waals surface area contributed by atoms with Gasteiger partial charge in [0, 0.05) is 0 Å². The molecule has 13 heavy (non-hydrogen) atoms. The molecule has 5 unspecified atom stereocenters. The van der Waals surface area contributed by atoms with E-state index in [2.05, 4.69) is 51.4 Å². The van der Waals surface area contributed by atoms with Gasteiger partial charge in [-0.25, -0.2) is 0 Å². The Labute approximate surface area is 87.2 Å². The molecule has 0 aliphatic carbocycles. The first-order valence-corrected chi connectivity index (χ1v) is 5.99. The van der Waals surface area contributed by atoms with Crippen LogP contribution in [0.2, 0.25) is 5.82 Å². The SMILES string of the molecule is BC(C)C(C)C(P)C(CC)C(=C)C. The van der Waals surface area contributed by atoms with E-state index in [-0.39, 0.29) is 0 Å². The zero-order valence-electron chi connectivity index (χ0n) is 9.80. The summed E-state index contributed by atoms with van der Waals surface area (Å²) in [6.07, 6.45) is 1.21. The van der Waals surface area contributed by atoms with Crippen LogP contribution >= 0.6 is 9.24 Å². The molecule has 0 aromatic carbocycles. The summed E-state index contributed by atoms with van der Waals surface area (Å²) in [4.78, 5) is 0. The van der Waals surface area contributed by atoms with E-state index in [4.69, 9.17) is 0 Å². The Bertz CT molecular complexity index is 165. The predicted octanol–water partition coefficient (Wildman–Crippen LogP) is 2.91. The molecule has 0 saturated heterocycles. The lowest BCUT2D eigenvalue weighted by molar-refractivity contribution is 0.429. The molecule has 0 amide bonds. The third-order valence-electron chi connectivity index (χ3n) is 3.20. The molecule has 0 aromatic rings. The van der Waals surface area contributed by atoms with Crippen LogP contribution in [0, 0.1) is 11.8 Å². The van der Waals surface area contributed by atoms with E-state index in [0.29, 0.717) is 11.6 Å². The van der Waals surface area contributed by atoms with Crippen molar-refractivity contribution in [1.29, 1.82) is 0 Å². The molecule has 0 saturated carbocycles. The fourth-order valence-electron chi connectivity index (χ4n) is 1.76. The average molecular weight is 198 g/mol. The van der Waals surface area contributed by atoms with Gasteiger partial charge in [0.05, 0.1) is 0 Å². The maximum absolute atomic E-state index is 4.08. The molecule has 0 spiro atoms. The Balaban J connectivity index is 4.36. The van der Waals surface area contributed by atoms with Crippen LogP contribution in [0.5, 0.6) is 0 Å². The lowest BCUT2D eigenvalue weighted by Gasteiger charge is -2.30. The second-order valence-electron chi connectivity index (χ2n) is 4.54. The van der Waals surface area contributed by atoms with Crippen molar-refractivity contribution in [3.63, 3.8) is 0 Å². The van der Waals surface area contributed by atoms with Crippen molar-refractivity contribution in [1.82, 2.24) is 0 Å². The van der Waals surface area contributed by atoms with Crippen LogP contribution in [0.25, 0.3) is 0 Å². The van der Waals surface area contributed by atoms with Gasteiger partial charge < -0.3 is 0 Å². The van der Waals surface area contributed by atoms with Crippen molar-refractivity contribution < 1.29 is 0 Å². The predicted molar refractivity (Wildman–Crippen MR) is 69.2 cm³/mol. The summed E-state index contributed by atoms with van der Waals surface area (Å²) in [7, 11) is 5.31. The van der Waals surface area contributed by atoms with E-state index in [1.165, 1.54) is 12.0 Å². The Kier molecular flexibility index (Phi) is 5.97. The third kappa shape index (κ3) is 3.85. The zero-order chi connectivity index (χ0) is 10.6. The molecule has 0 aliphatic heterocycles. The standard InChI is InChI=1S/C11H24BP/c1-6-10(7(2)3)11(13)8(4)9(5)12/h8-11H,2,6,12-13H2,1,3-5H3. The van der Waals surface area contributed by atoms with Gasteiger partial charge in [0.25, 0.3) is 0 Å². The number of hydrogen-bond acceptors (Lipinski definition) is 0. The van der Waals surface area contributed by atoms with Crippen LogP contribution < -0.4 is 0 Å². The highest BCUT2D eigenvalue weighted by atomic mass is 31.0. The molecule has 5 atom stereocenters. The minimum Gasteiger partial charge on any atom is -0.134 e. The molecule has 0 rings (SSSR count). The van der Waals surface area contributed by atoms with Gasteiger partial charge in [0.15, 0.2) is 0 Å². The molecule has 0 bridgehead atoms. The summed E-state index contributed by atoms with van der Waals surface area (Å²) >= 11 is 0. The summed E-state index contributed by atoms with van der Waals surface area (Å²) in [5.74, 6) is 2.19. The van der Waals surface area contributed by atoms with Crippen LogP contribution in [0.3, 0.4) is 0 Å². The highest BCUT2D eigenvalue weighted by Gasteiger charge is 2.23. The van der Waals surface area contributed by atoms with Gasteiger partial charge in [-0.2, -0.15) is 0 Å². The van der Waals surface area contributed by atoms with Gasteiger partial charge in [-0.1, -0.05) is 38.7 Å². The van der Waals surface area contributed by atoms with Crippen LogP contribution in [0.15, 0.2) is 12.2 Å². The lowest BCUT2D eigenvalue weighted by atomic mass is 9.73. The smallest absolute Gasteiger partial charge is 0.105 e. The van der Waals surface area contributed by atoms with Crippen LogP contribution in [0.4, 0.5) is 0 Å². The first kappa shape index (κ1) is 13.2. The third-order valence-corrected chi connectivity index (χ3v) is 4.27. The minimum atomic E-state index is 0.669. The Morgan fingerprint density at radius 3 is 2.15 bits per heavy atom. The second-order valence-corrected chi connectivity index (χ2v) is 5.31. The molecule has 2 heteroatoms. The van der Waals surface area contributed by atoms with Crippen molar-refractivity contribution >= 4 is 17.1 Å². The fourth-order valence-corrected chi connectivity index (χ4v) is 2.81. The molecular formula is C11H24BP. The van der Waals surface area contributed by atoms with Crippen LogP contribution in [-0.4, -0.2) is 13.5 Å². The van der Waals surface area contributed by atoms with Gasteiger partial charge in [0.1, 0.15) is 7.85 Å². The molecule has 76 valence electrons. The second kappa shape index (κ2) is 5.86. The Hall–Kier alpha value is 0.235. The van der Waals surface area contributed by atoms with Gasteiger partial charge in [-0.05, 0) is 30.8 Å². The largest absolute Gasteiger partial charge is 0.134 e. The highest BCUT2D eigenvalue weighted by molar-refractivity contribution is 7.17. The number of hydrogen-bond donors (Lipinski definition) is 0. The fraction of sp³-hybridized carbons (Fsp3) is 0.818. The van der Waals surface area contributed by atoms with Gasteiger partial charge >= 0.3 is 0 Å². The molecule has 0 aliphatic rings. The van der Waals surface area contributed by atoms with Crippen LogP contribution in [0.1, 0.15) is 34.1 Å². The number of rotatable bonds is 5. The summed E-state index contributed by atoms with van der Waals surface area (Å²) in [6.45, 7) is 13.1. The lowest BCUT2D eigenvalue weighted by Crippen LogP contribution is -2.24. The first-order valence-electron chi connectivity index (χ1n) is 5.32. The van der Waals surface area contributed by atoms with Crippen molar-refractivity contribution in [3.8, 4) is 0 Å². The molecular weight excluding hydrogens is 174 g/mol. The van der Waals surface area contributed by atoms with Crippen molar-refractivity contribution in [2.24, 2.45) is 11.8 Å². The van der Waals surface area contributed by atoms with E-state index in [1.54, 1.807) is 0 Å². The Morgan fingerprint density at radius 1 is 1.46 bits per heavy atom. The molecule has 0 aromatic heterocycles. The molecule has 0 heterocycles. The molecule has 0 fully saturated rings. The summed E-state index contributed by atoms with van der Waals surface area (Å²) in [5, 5.41) is 0. The zero-order valence-corrected chi connectivity index (χ0v) is 11.0. The first-order chi connectivity index (χ1) is 5.91. The summed E-state index contributed by atoms with van der Waals surface area (Å²) < 4.78 is 0. The van der Waals surface area contributed by atoms with E-state index in [9.17, 15) is 0 Å². The molecule has 0 N–H and O–H groups in total. The topological polar surface area (TPSA) is 0 Å². The van der Waals surface area contributed by atoms with Gasteiger partial charge in [-0.3, -0.25) is 0 Å². The maximum Gasteiger partial charge on any atom is 0.105 e. The van der Waals surface area contributed by atoms with E-state index in [1.807, 2.05) is 0 Å². The molecule has 0 nitrogen and oxygen atoms in total. The van der Waals surface area contributed by atoms with E-state index in [0.717, 1.165) is 11.7 Å². The van der Waals surface area contributed by atoms with E-state index >= 15 is 0 Å². The maximum atomic E-state index is 4.08. The monoisotopic (exact) mass is 198 g/mol. The highest BCUT2D eigenvalue weighted by Crippen LogP contribution is 2.33. The minimum absolute atomic E-state index is 0.669. The average Bonchev–Trinajstić information content (AvgIpc) is 2.03. The van der Waals surface area contributed by atoms with Crippen molar-refractivity contribution in [2.75, 3.05) is 0 Å².